The van der Waals surface area contributed by atoms with E-state index in [-0.39, 0.29) is 5.82 Å². The van der Waals surface area contributed by atoms with Crippen molar-refractivity contribution < 1.29 is 4.39 Å². The molecule has 0 aliphatic rings. The van der Waals surface area contributed by atoms with Gasteiger partial charge in [0.25, 0.3) is 0 Å². The summed E-state index contributed by atoms with van der Waals surface area (Å²) in [4.78, 5) is 4.58. The van der Waals surface area contributed by atoms with Gasteiger partial charge in [0.2, 0.25) is 0 Å². The number of nitrogens with one attached hydrogen (secondary N) is 1. The zero-order valence-corrected chi connectivity index (χ0v) is 11.9. The van der Waals surface area contributed by atoms with Crippen molar-refractivity contribution in [3.63, 3.8) is 0 Å². The van der Waals surface area contributed by atoms with Gasteiger partial charge >= 0.3 is 0 Å². The van der Waals surface area contributed by atoms with Gasteiger partial charge in [-0.1, -0.05) is 6.92 Å². The van der Waals surface area contributed by atoms with Gasteiger partial charge in [-0.15, -0.1) is 0 Å². The summed E-state index contributed by atoms with van der Waals surface area (Å²) in [6.45, 7) is 8.35. The molecular formula is C15H22FN3. The molecule has 1 heterocycles. The second-order valence-corrected chi connectivity index (χ2v) is 5.12. The number of nitrogens with zero attached hydrogens (tertiary/aromatic N) is 2. The topological polar surface area (TPSA) is 29.9 Å². The fourth-order valence-electron chi connectivity index (χ4n) is 2.38. The minimum absolute atomic E-state index is 0.225. The molecule has 0 saturated carbocycles. The van der Waals surface area contributed by atoms with E-state index in [0.717, 1.165) is 42.8 Å². The van der Waals surface area contributed by atoms with Crippen LogP contribution < -0.4 is 5.32 Å². The van der Waals surface area contributed by atoms with Gasteiger partial charge in [-0.3, -0.25) is 0 Å². The molecule has 0 aliphatic carbocycles. The number of halogens is 1. The van der Waals surface area contributed by atoms with Crippen molar-refractivity contribution >= 4 is 11.0 Å². The van der Waals surface area contributed by atoms with Crippen molar-refractivity contribution in [2.45, 2.75) is 39.7 Å². The lowest BCUT2D eigenvalue weighted by Crippen LogP contribution is -2.20. The largest absolute Gasteiger partial charge is 0.325 e. The zero-order chi connectivity index (χ0) is 13.8. The molecule has 104 valence electrons. The summed E-state index contributed by atoms with van der Waals surface area (Å²) in [5.74, 6) is 0.802. The summed E-state index contributed by atoms with van der Waals surface area (Å²) in [6, 6.07) is 5.16. The fourth-order valence-corrected chi connectivity index (χ4v) is 2.38. The van der Waals surface area contributed by atoms with Crippen LogP contribution >= 0.6 is 0 Å². The number of hydrogen-bond acceptors (Lipinski definition) is 2. The Hall–Kier alpha value is -1.42. The number of aromatic nitrogens is 2. The normalized spacial score (nSPS) is 11.6. The summed E-state index contributed by atoms with van der Waals surface area (Å²) >= 11 is 0. The molecule has 4 heteroatoms. The van der Waals surface area contributed by atoms with Gasteiger partial charge in [-0.25, -0.2) is 9.37 Å². The molecule has 0 aliphatic heterocycles. The Morgan fingerprint density at radius 1 is 1.32 bits per heavy atom. The molecule has 0 atom stereocenters. The monoisotopic (exact) mass is 263 g/mol. The number of imidazole rings is 1. The van der Waals surface area contributed by atoms with E-state index in [9.17, 15) is 4.39 Å². The second-order valence-electron chi connectivity index (χ2n) is 5.12. The van der Waals surface area contributed by atoms with Crippen LogP contribution in [0, 0.1) is 5.82 Å². The Balaban J connectivity index is 2.28. The molecule has 19 heavy (non-hydrogen) atoms. The molecule has 0 amide bonds. The molecule has 1 N–H and O–H groups in total. The molecule has 0 saturated heterocycles. The van der Waals surface area contributed by atoms with Crippen LogP contribution in [0.15, 0.2) is 18.2 Å². The molecule has 1 aromatic carbocycles. The third kappa shape index (κ3) is 3.13. The summed E-state index contributed by atoms with van der Waals surface area (Å²) in [5, 5.41) is 3.38. The number of hydrogen-bond donors (Lipinski definition) is 1. The third-order valence-corrected chi connectivity index (χ3v) is 3.19. The Morgan fingerprint density at radius 3 is 2.79 bits per heavy atom. The van der Waals surface area contributed by atoms with E-state index in [1.165, 1.54) is 12.1 Å². The van der Waals surface area contributed by atoms with Crippen molar-refractivity contribution in [1.82, 2.24) is 14.9 Å². The highest BCUT2D eigenvalue weighted by Gasteiger charge is 2.13. The first-order chi connectivity index (χ1) is 9.13. The van der Waals surface area contributed by atoms with Crippen LogP contribution in [0.2, 0.25) is 0 Å². The van der Waals surface area contributed by atoms with Crippen molar-refractivity contribution in [2.24, 2.45) is 0 Å². The number of rotatable bonds is 6. The lowest BCUT2D eigenvalue weighted by molar-refractivity contribution is 0.568. The average molecular weight is 263 g/mol. The van der Waals surface area contributed by atoms with Gasteiger partial charge in [0, 0.05) is 25.1 Å². The van der Waals surface area contributed by atoms with Gasteiger partial charge in [-0.05, 0) is 38.9 Å². The predicted octanol–water partition coefficient (Wildman–Crippen LogP) is 3.30. The molecule has 0 unspecified atom stereocenters. The van der Waals surface area contributed by atoms with Crippen LogP contribution in [-0.4, -0.2) is 22.6 Å². The molecule has 3 nitrogen and oxygen atoms in total. The van der Waals surface area contributed by atoms with Crippen LogP contribution in [0.25, 0.3) is 11.0 Å². The van der Waals surface area contributed by atoms with Crippen molar-refractivity contribution in [3.05, 3.63) is 29.8 Å². The van der Waals surface area contributed by atoms with Crippen LogP contribution in [0.1, 0.15) is 39.1 Å². The Kier molecular flexibility index (Phi) is 4.53. The number of fused-ring (bicyclic) bond motifs is 1. The van der Waals surface area contributed by atoms with E-state index in [0.29, 0.717) is 6.04 Å². The van der Waals surface area contributed by atoms with Gasteiger partial charge in [0.1, 0.15) is 11.6 Å². The second kappa shape index (κ2) is 6.15. The molecule has 0 spiro atoms. The molecule has 2 aromatic rings. The first-order valence-corrected chi connectivity index (χ1v) is 7.00. The van der Waals surface area contributed by atoms with E-state index in [4.69, 9.17) is 0 Å². The average Bonchev–Trinajstić information content (AvgIpc) is 2.72. The van der Waals surface area contributed by atoms with Crippen LogP contribution in [-0.2, 0) is 6.42 Å². The molecule has 0 fully saturated rings. The smallest absolute Gasteiger partial charge is 0.125 e. The van der Waals surface area contributed by atoms with E-state index < -0.39 is 0 Å². The van der Waals surface area contributed by atoms with Crippen molar-refractivity contribution in [2.75, 3.05) is 13.1 Å². The third-order valence-electron chi connectivity index (χ3n) is 3.19. The lowest BCUT2D eigenvalue weighted by Gasteiger charge is -2.13. The molecular weight excluding hydrogens is 241 g/mol. The fraction of sp³-hybridized carbons (Fsp3) is 0.533. The Labute approximate surface area is 113 Å². The maximum atomic E-state index is 13.3. The summed E-state index contributed by atoms with van der Waals surface area (Å²) in [7, 11) is 0. The van der Waals surface area contributed by atoms with Gasteiger partial charge in [-0.2, -0.15) is 0 Å². The Bertz CT molecular complexity index is 546. The van der Waals surface area contributed by atoms with E-state index in [1.54, 1.807) is 0 Å². The minimum Gasteiger partial charge on any atom is -0.325 e. The zero-order valence-electron chi connectivity index (χ0n) is 11.9. The highest BCUT2D eigenvalue weighted by Crippen LogP contribution is 2.22. The summed E-state index contributed by atoms with van der Waals surface area (Å²) < 4.78 is 15.5. The van der Waals surface area contributed by atoms with E-state index in [1.807, 2.05) is 6.07 Å². The standard InChI is InChI=1S/C15H22FN3/c1-4-8-17-9-7-15-18-13-10-12(16)5-6-14(13)19(15)11(2)3/h5-6,10-11,17H,4,7-9H2,1-3H3. The Morgan fingerprint density at radius 2 is 2.11 bits per heavy atom. The summed E-state index contributed by atoms with van der Waals surface area (Å²) in [5.41, 5.74) is 1.76. The first kappa shape index (κ1) is 14.0. The van der Waals surface area contributed by atoms with Gasteiger partial charge < -0.3 is 9.88 Å². The van der Waals surface area contributed by atoms with Crippen molar-refractivity contribution in [1.29, 1.82) is 0 Å². The van der Waals surface area contributed by atoms with Crippen LogP contribution in [0.3, 0.4) is 0 Å². The quantitative estimate of drug-likeness (QED) is 0.810. The van der Waals surface area contributed by atoms with E-state index in [2.05, 4.69) is 35.6 Å². The van der Waals surface area contributed by atoms with Crippen molar-refractivity contribution in [3.8, 4) is 0 Å². The maximum absolute atomic E-state index is 13.3. The first-order valence-electron chi connectivity index (χ1n) is 7.00. The molecule has 0 bridgehead atoms. The van der Waals surface area contributed by atoms with Gasteiger partial charge in [0.05, 0.1) is 11.0 Å². The maximum Gasteiger partial charge on any atom is 0.125 e. The van der Waals surface area contributed by atoms with Crippen LogP contribution in [0.4, 0.5) is 4.39 Å². The molecule has 2 rings (SSSR count). The highest BCUT2D eigenvalue weighted by atomic mass is 19.1. The molecule has 0 radical (unpaired) electrons. The van der Waals surface area contributed by atoms with E-state index >= 15 is 0 Å². The van der Waals surface area contributed by atoms with Crippen LogP contribution in [0.5, 0.6) is 0 Å². The van der Waals surface area contributed by atoms with Gasteiger partial charge in [0.15, 0.2) is 0 Å². The summed E-state index contributed by atoms with van der Waals surface area (Å²) in [6.07, 6.45) is 2.00. The lowest BCUT2D eigenvalue weighted by atomic mass is 10.2. The molecule has 1 aromatic heterocycles. The SMILES string of the molecule is CCCNCCc1nc2cc(F)ccc2n1C(C)C. The highest BCUT2D eigenvalue weighted by molar-refractivity contribution is 5.76. The number of benzene rings is 1. The predicted molar refractivity (Wildman–Crippen MR) is 76.9 cm³/mol. The minimum atomic E-state index is -0.225.